The third kappa shape index (κ3) is 4.54. The molecule has 0 saturated carbocycles. The van der Waals surface area contributed by atoms with E-state index in [-0.39, 0.29) is 19.1 Å². The molecule has 0 atom stereocenters. The van der Waals surface area contributed by atoms with Crippen LogP contribution in [0.5, 0.6) is 0 Å². The van der Waals surface area contributed by atoms with Crippen molar-refractivity contribution in [3.63, 3.8) is 0 Å². The van der Waals surface area contributed by atoms with Crippen LogP contribution in [0.3, 0.4) is 0 Å². The van der Waals surface area contributed by atoms with Gasteiger partial charge < -0.3 is 10.1 Å². The highest BCUT2D eigenvalue weighted by atomic mass is 35.5. The van der Waals surface area contributed by atoms with Gasteiger partial charge in [-0.05, 0) is 29.8 Å². The Bertz CT molecular complexity index is 892. The van der Waals surface area contributed by atoms with Crippen molar-refractivity contribution in [2.75, 3.05) is 6.61 Å². The Balaban J connectivity index is 1.45. The summed E-state index contributed by atoms with van der Waals surface area (Å²) >= 11 is 5.80. The second-order valence-electron chi connectivity index (χ2n) is 5.30. The zero-order chi connectivity index (χ0) is 17.6. The minimum Gasteiger partial charge on any atom is -0.454 e. The Morgan fingerprint density at radius 3 is 2.68 bits per heavy atom. The van der Waals surface area contributed by atoms with Crippen molar-refractivity contribution in [2.45, 2.75) is 13.1 Å². The Kier molecular flexibility index (Phi) is 5.25. The van der Waals surface area contributed by atoms with Crippen molar-refractivity contribution in [2.24, 2.45) is 0 Å². The van der Waals surface area contributed by atoms with Gasteiger partial charge in [0.1, 0.15) is 12.1 Å². The third-order valence-electron chi connectivity index (χ3n) is 3.47. The summed E-state index contributed by atoms with van der Waals surface area (Å²) in [6, 6.07) is 14.4. The van der Waals surface area contributed by atoms with Crippen LogP contribution < -0.4 is 5.32 Å². The van der Waals surface area contributed by atoms with Crippen LogP contribution >= 0.6 is 11.6 Å². The lowest BCUT2D eigenvalue weighted by molar-refractivity contribution is -0.149. The Hall–Kier alpha value is -2.93. The third-order valence-corrected chi connectivity index (χ3v) is 3.72. The molecule has 0 fully saturated rings. The number of nitrogens with zero attached hydrogens (tertiary/aromatic N) is 3. The van der Waals surface area contributed by atoms with Gasteiger partial charge in [0.25, 0.3) is 5.91 Å². The molecule has 1 N–H and O–H groups in total. The summed E-state index contributed by atoms with van der Waals surface area (Å²) in [6.45, 7) is -0.120. The number of fused-ring (bicyclic) bond motifs is 1. The monoisotopic (exact) mass is 358 g/mol. The maximum Gasteiger partial charge on any atom is 0.328 e. The van der Waals surface area contributed by atoms with Crippen molar-refractivity contribution in [3.05, 3.63) is 59.1 Å². The van der Waals surface area contributed by atoms with Gasteiger partial charge in [0.2, 0.25) is 0 Å². The fourth-order valence-electron chi connectivity index (χ4n) is 2.20. The molecule has 1 aromatic heterocycles. The van der Waals surface area contributed by atoms with Gasteiger partial charge in [-0.1, -0.05) is 41.1 Å². The van der Waals surface area contributed by atoms with E-state index in [9.17, 15) is 9.59 Å². The van der Waals surface area contributed by atoms with Gasteiger partial charge in [0.05, 0.1) is 5.52 Å². The summed E-state index contributed by atoms with van der Waals surface area (Å²) in [5.74, 6) is -0.941. The van der Waals surface area contributed by atoms with Gasteiger partial charge in [-0.25, -0.2) is 4.68 Å². The largest absolute Gasteiger partial charge is 0.454 e. The molecule has 0 aliphatic carbocycles. The topological polar surface area (TPSA) is 86.1 Å². The van der Waals surface area contributed by atoms with Crippen molar-refractivity contribution < 1.29 is 14.3 Å². The number of halogens is 1. The van der Waals surface area contributed by atoms with Gasteiger partial charge in [-0.15, -0.1) is 5.10 Å². The molecule has 0 aliphatic heterocycles. The van der Waals surface area contributed by atoms with Crippen LogP contribution in [0.15, 0.2) is 48.5 Å². The van der Waals surface area contributed by atoms with E-state index < -0.39 is 5.97 Å². The molecule has 1 amide bonds. The summed E-state index contributed by atoms with van der Waals surface area (Å²) in [5, 5.41) is 11.2. The van der Waals surface area contributed by atoms with E-state index in [1.54, 1.807) is 24.3 Å². The normalized spacial score (nSPS) is 10.6. The number of hydrogen-bond acceptors (Lipinski definition) is 5. The number of para-hydroxylation sites is 1. The molecule has 1 heterocycles. The standard InChI is InChI=1S/C17H15ClN4O3/c18-13-7-5-12(6-8-13)9-19-16(23)11-25-17(24)10-22-15-4-2-1-3-14(15)20-21-22/h1-8H,9-11H2,(H,19,23). The van der Waals surface area contributed by atoms with Crippen LogP contribution in [0.2, 0.25) is 5.02 Å². The van der Waals surface area contributed by atoms with E-state index in [0.717, 1.165) is 11.1 Å². The number of ether oxygens (including phenoxy) is 1. The molecule has 0 radical (unpaired) electrons. The fraction of sp³-hybridized carbons (Fsp3) is 0.176. The van der Waals surface area contributed by atoms with Crippen LogP contribution in [0.25, 0.3) is 11.0 Å². The zero-order valence-corrected chi connectivity index (χ0v) is 13.9. The van der Waals surface area contributed by atoms with E-state index >= 15 is 0 Å². The molecule has 8 heteroatoms. The molecular weight excluding hydrogens is 344 g/mol. The van der Waals surface area contributed by atoms with Crippen molar-refractivity contribution in [1.29, 1.82) is 0 Å². The first-order valence-corrected chi connectivity index (χ1v) is 7.94. The fourth-order valence-corrected chi connectivity index (χ4v) is 2.33. The molecule has 3 aromatic rings. The van der Waals surface area contributed by atoms with E-state index in [2.05, 4.69) is 15.6 Å². The Morgan fingerprint density at radius 1 is 1.12 bits per heavy atom. The summed E-state index contributed by atoms with van der Waals surface area (Å²) in [7, 11) is 0. The number of benzene rings is 2. The molecule has 3 rings (SSSR count). The second kappa shape index (κ2) is 7.76. The lowest BCUT2D eigenvalue weighted by Crippen LogP contribution is -2.29. The molecule has 0 unspecified atom stereocenters. The predicted molar refractivity (Wildman–Crippen MR) is 91.8 cm³/mol. The van der Waals surface area contributed by atoms with Crippen molar-refractivity contribution in [1.82, 2.24) is 20.3 Å². The molecule has 0 aliphatic rings. The van der Waals surface area contributed by atoms with Crippen LogP contribution in [0.1, 0.15) is 5.56 Å². The number of esters is 1. The number of rotatable bonds is 6. The summed E-state index contributed by atoms with van der Waals surface area (Å²) in [4.78, 5) is 23.6. The van der Waals surface area contributed by atoms with Gasteiger partial charge in [-0.3, -0.25) is 9.59 Å². The number of amides is 1. The minimum atomic E-state index is -0.558. The molecule has 0 saturated heterocycles. The average Bonchev–Trinajstić information content (AvgIpc) is 3.02. The van der Waals surface area contributed by atoms with E-state index in [1.165, 1.54) is 4.68 Å². The van der Waals surface area contributed by atoms with Crippen LogP contribution in [-0.2, 0) is 27.4 Å². The van der Waals surface area contributed by atoms with Crippen LogP contribution in [-0.4, -0.2) is 33.5 Å². The van der Waals surface area contributed by atoms with Crippen molar-refractivity contribution >= 4 is 34.5 Å². The summed E-state index contributed by atoms with van der Waals surface area (Å²) < 4.78 is 6.41. The molecule has 0 spiro atoms. The molecule has 0 bridgehead atoms. The Labute approximate surface area is 148 Å². The summed E-state index contributed by atoms with van der Waals surface area (Å²) in [6.07, 6.45) is 0. The molecular formula is C17H15ClN4O3. The predicted octanol–water partition coefficient (Wildman–Crippen LogP) is 1.94. The van der Waals surface area contributed by atoms with Crippen LogP contribution in [0, 0.1) is 0 Å². The lowest BCUT2D eigenvalue weighted by Gasteiger charge is -2.07. The SMILES string of the molecule is O=C(COC(=O)Cn1nnc2ccccc21)NCc1ccc(Cl)cc1. The quantitative estimate of drug-likeness (QED) is 0.680. The summed E-state index contributed by atoms with van der Waals surface area (Å²) in [5.41, 5.74) is 2.32. The molecule has 128 valence electrons. The second-order valence-corrected chi connectivity index (χ2v) is 5.74. The molecule has 25 heavy (non-hydrogen) atoms. The first-order valence-electron chi connectivity index (χ1n) is 7.57. The van der Waals surface area contributed by atoms with Gasteiger partial charge in [0.15, 0.2) is 6.61 Å². The van der Waals surface area contributed by atoms with E-state index in [1.807, 2.05) is 24.3 Å². The maximum atomic E-state index is 11.9. The average molecular weight is 359 g/mol. The number of hydrogen-bond donors (Lipinski definition) is 1. The van der Waals surface area contributed by atoms with Crippen LogP contribution in [0.4, 0.5) is 0 Å². The number of carbonyl (C=O) groups is 2. The highest BCUT2D eigenvalue weighted by molar-refractivity contribution is 6.30. The minimum absolute atomic E-state index is 0.106. The van der Waals surface area contributed by atoms with Crippen molar-refractivity contribution in [3.8, 4) is 0 Å². The lowest BCUT2D eigenvalue weighted by atomic mass is 10.2. The zero-order valence-electron chi connectivity index (χ0n) is 13.2. The maximum absolute atomic E-state index is 11.9. The smallest absolute Gasteiger partial charge is 0.328 e. The number of carbonyl (C=O) groups excluding carboxylic acids is 2. The van der Waals surface area contributed by atoms with Gasteiger partial charge in [0, 0.05) is 11.6 Å². The van der Waals surface area contributed by atoms with E-state index in [4.69, 9.17) is 16.3 Å². The first-order chi connectivity index (χ1) is 12.1. The molecule has 7 nitrogen and oxygen atoms in total. The number of aromatic nitrogens is 3. The Morgan fingerprint density at radius 2 is 1.88 bits per heavy atom. The highest BCUT2D eigenvalue weighted by Crippen LogP contribution is 2.10. The van der Waals surface area contributed by atoms with Gasteiger partial charge in [-0.2, -0.15) is 0 Å². The highest BCUT2D eigenvalue weighted by Gasteiger charge is 2.11. The molecule has 2 aromatic carbocycles. The van der Waals surface area contributed by atoms with Gasteiger partial charge >= 0.3 is 5.97 Å². The van der Waals surface area contributed by atoms with E-state index in [0.29, 0.717) is 17.1 Å². The first kappa shape index (κ1) is 16.9. The number of nitrogens with one attached hydrogen (secondary N) is 1.